The van der Waals surface area contributed by atoms with E-state index in [-0.39, 0.29) is 12.1 Å². The third-order valence-electron chi connectivity index (χ3n) is 4.92. The van der Waals surface area contributed by atoms with Crippen LogP contribution in [0.25, 0.3) is 0 Å². The zero-order chi connectivity index (χ0) is 16.5. The van der Waals surface area contributed by atoms with Crippen LogP contribution in [-0.2, 0) is 0 Å². The zero-order valence-electron chi connectivity index (χ0n) is 14.5. The summed E-state index contributed by atoms with van der Waals surface area (Å²) in [5, 5.41) is 9.62. The third kappa shape index (κ3) is 5.02. The molecule has 126 valence electrons. The first kappa shape index (κ1) is 16.9. The molecule has 1 heterocycles. The fourth-order valence-corrected chi connectivity index (χ4v) is 3.48. The molecule has 1 aliphatic heterocycles. The molecule has 0 saturated carbocycles. The molecule has 2 nitrogen and oxygen atoms in total. The minimum atomic E-state index is 0.205. The standard InChI is InChI=1S/C22H28N2/c1-2-4-12-18-22(20-15-9-6-10-16-20)24-23-21(17-11-3-1)19-13-7-5-8-14-19/h5-10,13-16,21-22H,1-4,11-12,17-18H2/b24-23+. The van der Waals surface area contributed by atoms with E-state index in [2.05, 4.69) is 60.7 Å². The van der Waals surface area contributed by atoms with Crippen LogP contribution in [0.5, 0.6) is 0 Å². The summed E-state index contributed by atoms with van der Waals surface area (Å²) >= 11 is 0. The smallest absolute Gasteiger partial charge is 0.0957 e. The fraction of sp³-hybridized carbons (Fsp3) is 0.455. The Morgan fingerprint density at radius 1 is 0.500 bits per heavy atom. The van der Waals surface area contributed by atoms with Gasteiger partial charge in [0.25, 0.3) is 0 Å². The lowest BCUT2D eigenvalue weighted by atomic mass is 9.98. The molecule has 0 amide bonds. The van der Waals surface area contributed by atoms with Gasteiger partial charge in [0.2, 0.25) is 0 Å². The lowest BCUT2D eigenvalue weighted by Crippen LogP contribution is -2.00. The third-order valence-corrected chi connectivity index (χ3v) is 4.92. The first-order valence-corrected chi connectivity index (χ1v) is 9.43. The Morgan fingerprint density at radius 2 is 0.875 bits per heavy atom. The van der Waals surface area contributed by atoms with Crippen LogP contribution < -0.4 is 0 Å². The molecule has 0 aromatic heterocycles. The summed E-state index contributed by atoms with van der Waals surface area (Å²) in [6, 6.07) is 21.7. The highest BCUT2D eigenvalue weighted by Crippen LogP contribution is 2.30. The molecule has 0 aliphatic carbocycles. The van der Waals surface area contributed by atoms with Crippen molar-refractivity contribution in [3.8, 4) is 0 Å². The maximum absolute atomic E-state index is 4.81. The molecule has 0 bridgehead atoms. The number of nitrogens with zero attached hydrogens (tertiary/aromatic N) is 2. The highest BCUT2D eigenvalue weighted by atomic mass is 15.1. The molecule has 1 aliphatic rings. The average Bonchev–Trinajstić information content (AvgIpc) is 2.64. The van der Waals surface area contributed by atoms with E-state index in [1.165, 1.54) is 49.7 Å². The minimum absolute atomic E-state index is 0.205. The van der Waals surface area contributed by atoms with Crippen molar-refractivity contribution < 1.29 is 0 Å². The molecule has 2 heteroatoms. The predicted molar refractivity (Wildman–Crippen MR) is 100 cm³/mol. The highest BCUT2D eigenvalue weighted by Gasteiger charge is 2.14. The van der Waals surface area contributed by atoms with Gasteiger partial charge >= 0.3 is 0 Å². The van der Waals surface area contributed by atoms with Gasteiger partial charge in [-0.3, -0.25) is 0 Å². The van der Waals surface area contributed by atoms with Crippen LogP contribution in [0.3, 0.4) is 0 Å². The summed E-state index contributed by atoms with van der Waals surface area (Å²) in [4.78, 5) is 0. The van der Waals surface area contributed by atoms with Gasteiger partial charge < -0.3 is 0 Å². The Kier molecular flexibility index (Phi) is 6.59. The van der Waals surface area contributed by atoms with Crippen LogP contribution in [0.2, 0.25) is 0 Å². The van der Waals surface area contributed by atoms with E-state index in [1.54, 1.807) is 0 Å². The van der Waals surface area contributed by atoms with Crippen molar-refractivity contribution in [2.24, 2.45) is 10.2 Å². The van der Waals surface area contributed by atoms with Gasteiger partial charge in [-0.05, 0) is 24.0 Å². The second kappa shape index (κ2) is 9.36. The second-order valence-corrected chi connectivity index (χ2v) is 6.78. The Morgan fingerprint density at radius 3 is 1.29 bits per heavy atom. The fourth-order valence-electron chi connectivity index (χ4n) is 3.48. The lowest BCUT2D eigenvalue weighted by molar-refractivity contribution is 0.476. The van der Waals surface area contributed by atoms with E-state index in [0.29, 0.717) is 0 Å². The Bertz CT molecular complexity index is 551. The van der Waals surface area contributed by atoms with Gasteiger partial charge in [0.1, 0.15) is 0 Å². The summed E-state index contributed by atoms with van der Waals surface area (Å²) < 4.78 is 0. The maximum Gasteiger partial charge on any atom is 0.0957 e. The molecule has 2 atom stereocenters. The maximum atomic E-state index is 4.81. The van der Waals surface area contributed by atoms with E-state index >= 15 is 0 Å². The van der Waals surface area contributed by atoms with Gasteiger partial charge in [-0.2, -0.15) is 10.2 Å². The van der Waals surface area contributed by atoms with Crippen molar-refractivity contribution in [2.75, 3.05) is 0 Å². The number of rotatable bonds is 2. The molecule has 0 radical (unpaired) electrons. The van der Waals surface area contributed by atoms with Gasteiger partial charge in [0.05, 0.1) is 12.1 Å². The molecule has 2 unspecified atom stereocenters. The van der Waals surface area contributed by atoms with Gasteiger partial charge in [-0.15, -0.1) is 0 Å². The zero-order valence-corrected chi connectivity index (χ0v) is 14.5. The normalized spacial score (nSPS) is 24.5. The van der Waals surface area contributed by atoms with Crippen LogP contribution >= 0.6 is 0 Å². The summed E-state index contributed by atoms with van der Waals surface area (Å²) in [6.45, 7) is 0. The predicted octanol–water partition coefficient (Wildman–Crippen LogP) is 7.06. The number of hydrogen-bond donors (Lipinski definition) is 0. The summed E-state index contributed by atoms with van der Waals surface area (Å²) in [6.07, 6.45) is 10.1. The van der Waals surface area contributed by atoms with Crippen LogP contribution in [0.4, 0.5) is 0 Å². The summed E-state index contributed by atoms with van der Waals surface area (Å²) in [7, 11) is 0. The van der Waals surface area contributed by atoms with E-state index in [1.807, 2.05) is 0 Å². The molecule has 0 spiro atoms. The Labute approximate surface area is 146 Å². The molecule has 2 aromatic carbocycles. The first-order valence-electron chi connectivity index (χ1n) is 9.43. The number of benzene rings is 2. The quantitative estimate of drug-likeness (QED) is 0.566. The second-order valence-electron chi connectivity index (χ2n) is 6.78. The monoisotopic (exact) mass is 320 g/mol. The lowest BCUT2D eigenvalue weighted by Gasteiger charge is -2.17. The van der Waals surface area contributed by atoms with Gasteiger partial charge in [-0.25, -0.2) is 0 Å². The summed E-state index contributed by atoms with van der Waals surface area (Å²) in [5.41, 5.74) is 2.59. The highest BCUT2D eigenvalue weighted by molar-refractivity contribution is 5.20. The molecular formula is C22H28N2. The molecular weight excluding hydrogens is 292 g/mol. The van der Waals surface area contributed by atoms with Gasteiger partial charge in [0.15, 0.2) is 0 Å². The molecule has 24 heavy (non-hydrogen) atoms. The van der Waals surface area contributed by atoms with Crippen LogP contribution in [0.15, 0.2) is 70.9 Å². The van der Waals surface area contributed by atoms with Crippen molar-refractivity contribution in [2.45, 2.75) is 63.5 Å². The van der Waals surface area contributed by atoms with Crippen molar-refractivity contribution >= 4 is 0 Å². The van der Waals surface area contributed by atoms with Crippen molar-refractivity contribution in [3.05, 3.63) is 71.8 Å². The van der Waals surface area contributed by atoms with Crippen molar-refractivity contribution in [3.63, 3.8) is 0 Å². The van der Waals surface area contributed by atoms with E-state index < -0.39 is 0 Å². The largest absolute Gasteiger partial charge is 0.185 e. The van der Waals surface area contributed by atoms with Gasteiger partial charge in [0, 0.05) is 0 Å². The van der Waals surface area contributed by atoms with Crippen LogP contribution in [-0.4, -0.2) is 0 Å². The van der Waals surface area contributed by atoms with Crippen molar-refractivity contribution in [1.82, 2.24) is 0 Å². The molecule has 0 fully saturated rings. The van der Waals surface area contributed by atoms with Gasteiger partial charge in [-0.1, -0.05) is 99.2 Å². The van der Waals surface area contributed by atoms with E-state index in [0.717, 1.165) is 12.8 Å². The molecule has 0 N–H and O–H groups in total. The molecule has 3 rings (SSSR count). The average molecular weight is 320 g/mol. The Hall–Kier alpha value is -1.96. The first-order chi connectivity index (χ1) is 11.9. The van der Waals surface area contributed by atoms with E-state index in [9.17, 15) is 0 Å². The molecule has 0 saturated heterocycles. The van der Waals surface area contributed by atoms with Crippen LogP contribution in [0.1, 0.15) is 74.6 Å². The topological polar surface area (TPSA) is 24.7 Å². The number of hydrogen-bond acceptors (Lipinski definition) is 2. The SMILES string of the molecule is c1ccc(C2CCCCCCCCC(c3ccccc3)/N=N/2)cc1. The summed E-state index contributed by atoms with van der Waals surface area (Å²) in [5.74, 6) is 0. The molecule has 2 aromatic rings. The van der Waals surface area contributed by atoms with E-state index in [4.69, 9.17) is 10.2 Å². The Balaban J connectivity index is 1.81. The number of azo groups is 1. The van der Waals surface area contributed by atoms with Crippen molar-refractivity contribution in [1.29, 1.82) is 0 Å². The minimum Gasteiger partial charge on any atom is -0.185 e. The van der Waals surface area contributed by atoms with Crippen LogP contribution in [0, 0.1) is 0 Å².